The molecule has 57 heavy (non-hydrogen) atoms. The molecule has 340 valence electrons. The molecule has 0 saturated heterocycles. The molecule has 0 aromatic heterocycles. The van der Waals surface area contributed by atoms with E-state index in [1.165, 1.54) is 193 Å². The van der Waals surface area contributed by atoms with E-state index in [1.807, 2.05) is 0 Å². The van der Waals surface area contributed by atoms with Gasteiger partial charge in [-0.05, 0) is 84.3 Å². The number of nitrogens with two attached hydrogens (primary N) is 1. The van der Waals surface area contributed by atoms with Gasteiger partial charge in [-0.2, -0.15) is 0 Å². The number of nitrogens with one attached hydrogen (secondary N) is 2. The van der Waals surface area contributed by atoms with Crippen molar-refractivity contribution in [2.45, 2.75) is 245 Å². The molecule has 0 aromatic carbocycles. The zero-order valence-electron chi connectivity index (χ0n) is 38.6. The Kier molecular flexibility index (Phi) is 46.4. The van der Waals surface area contributed by atoms with E-state index >= 15 is 0 Å². The van der Waals surface area contributed by atoms with Crippen molar-refractivity contribution in [2.24, 2.45) is 5.73 Å². The number of carbonyl (C=O) groups excluding carboxylic acids is 1. The molecule has 0 aromatic rings. The maximum absolute atomic E-state index is 13.3. The fourth-order valence-corrected chi connectivity index (χ4v) is 7.98. The van der Waals surface area contributed by atoms with Gasteiger partial charge in [0.05, 0.1) is 6.54 Å². The first-order valence-corrected chi connectivity index (χ1v) is 25.4. The number of imide groups is 1. The molecule has 0 aliphatic rings. The van der Waals surface area contributed by atoms with Gasteiger partial charge in [-0.15, -0.1) is 0 Å². The maximum Gasteiger partial charge on any atom is 0.414 e. The van der Waals surface area contributed by atoms with Crippen LogP contribution in [0, 0.1) is 0 Å². The lowest BCUT2D eigenvalue weighted by atomic mass is 10.0. The second-order valence-electron chi connectivity index (χ2n) is 17.4. The predicted octanol–water partition coefficient (Wildman–Crippen LogP) is 13.0. The van der Waals surface area contributed by atoms with Gasteiger partial charge < -0.3 is 21.5 Å². The molecule has 0 radical (unpaired) electrons. The highest BCUT2D eigenvalue weighted by atomic mass is 16.4. The van der Waals surface area contributed by atoms with E-state index in [0.29, 0.717) is 6.42 Å². The zero-order valence-corrected chi connectivity index (χ0v) is 38.6. The van der Waals surface area contributed by atoms with Crippen LogP contribution in [0.4, 0.5) is 4.79 Å². The molecule has 0 fully saturated rings. The Hall–Kier alpha value is -1.22. The fourth-order valence-electron chi connectivity index (χ4n) is 7.98. The minimum absolute atomic E-state index is 0.217. The largest absolute Gasteiger partial charge is 0.465 e. The summed E-state index contributed by atoms with van der Waals surface area (Å²) in [6, 6.07) is 0. The molecule has 2 amide bonds. The van der Waals surface area contributed by atoms with Gasteiger partial charge in [0.2, 0.25) is 5.91 Å². The molecular formula is C49H101N5O3. The smallest absolute Gasteiger partial charge is 0.414 e. The van der Waals surface area contributed by atoms with Crippen LogP contribution < -0.4 is 16.4 Å². The van der Waals surface area contributed by atoms with E-state index in [1.54, 1.807) is 0 Å². The third-order valence-electron chi connectivity index (χ3n) is 11.8. The van der Waals surface area contributed by atoms with E-state index in [-0.39, 0.29) is 19.0 Å². The predicted molar refractivity (Wildman–Crippen MR) is 249 cm³/mol. The number of rotatable bonds is 48. The summed E-state index contributed by atoms with van der Waals surface area (Å²) in [6.07, 6.45) is 45.9. The normalized spacial score (nSPS) is 11.6. The summed E-state index contributed by atoms with van der Waals surface area (Å²) in [5, 5.41) is 16.7. The van der Waals surface area contributed by atoms with Crippen LogP contribution in [0.1, 0.15) is 245 Å². The highest BCUT2D eigenvalue weighted by Gasteiger charge is 2.22. The van der Waals surface area contributed by atoms with Crippen molar-refractivity contribution >= 4 is 12.0 Å². The topological polar surface area (TPSA) is 111 Å². The molecule has 0 heterocycles. The van der Waals surface area contributed by atoms with Crippen LogP contribution in [0.25, 0.3) is 0 Å². The summed E-state index contributed by atoms with van der Waals surface area (Å²) < 4.78 is 0. The Balaban J connectivity index is 4.39. The minimum Gasteiger partial charge on any atom is -0.465 e. The van der Waals surface area contributed by atoms with Crippen molar-refractivity contribution in [1.29, 1.82) is 0 Å². The van der Waals surface area contributed by atoms with Gasteiger partial charge in [0.1, 0.15) is 0 Å². The van der Waals surface area contributed by atoms with Crippen LogP contribution in [0.2, 0.25) is 0 Å². The lowest BCUT2D eigenvalue weighted by Crippen LogP contribution is -2.44. The van der Waals surface area contributed by atoms with Crippen molar-refractivity contribution in [3.05, 3.63) is 0 Å². The first-order chi connectivity index (χ1) is 28.1. The highest BCUT2D eigenvalue weighted by Crippen LogP contribution is 2.16. The summed E-state index contributed by atoms with van der Waals surface area (Å²) in [5.74, 6) is -0.265. The SMILES string of the molecule is CCCCCCCCCCCCCCCCCCN(CCCCCCCCCCCCCCCCCC)CC(=O)N(CCCNCCCCNCCCN)C(=O)O. The molecular weight excluding hydrogens is 707 g/mol. The van der Waals surface area contributed by atoms with E-state index in [4.69, 9.17) is 5.73 Å². The van der Waals surface area contributed by atoms with Crippen molar-refractivity contribution in [1.82, 2.24) is 20.4 Å². The fraction of sp³-hybridized carbons (Fsp3) is 0.959. The molecule has 0 bridgehead atoms. The summed E-state index contributed by atoms with van der Waals surface area (Å²) in [7, 11) is 0. The Morgan fingerprint density at radius 1 is 0.404 bits per heavy atom. The average Bonchev–Trinajstić information content (AvgIpc) is 3.20. The number of unbranched alkanes of at least 4 members (excludes halogenated alkanes) is 31. The van der Waals surface area contributed by atoms with Crippen molar-refractivity contribution < 1.29 is 14.7 Å². The summed E-state index contributed by atoms with van der Waals surface area (Å²) in [5.41, 5.74) is 5.54. The van der Waals surface area contributed by atoms with Gasteiger partial charge in [0, 0.05) is 6.54 Å². The first-order valence-electron chi connectivity index (χ1n) is 25.4. The molecule has 0 aliphatic heterocycles. The standard InChI is InChI=1S/C49H101N5O3/c1-3-5-7-9-11-13-15-17-19-21-23-25-27-29-31-35-44-53(45-36-32-30-28-26-24-22-20-18-16-14-12-10-8-6-4-2)47-48(55)54(49(56)57)46-38-43-52-41-34-33-40-51-42-37-39-50/h51-52H,3-47,50H2,1-2H3,(H,56,57). The Morgan fingerprint density at radius 2 is 0.702 bits per heavy atom. The molecule has 0 spiro atoms. The Morgan fingerprint density at radius 3 is 1.02 bits per heavy atom. The lowest BCUT2D eigenvalue weighted by Gasteiger charge is -2.25. The van der Waals surface area contributed by atoms with Crippen LogP contribution in [0.5, 0.6) is 0 Å². The second-order valence-corrected chi connectivity index (χ2v) is 17.4. The Labute approximate surface area is 355 Å². The minimum atomic E-state index is -1.12. The van der Waals surface area contributed by atoms with Crippen molar-refractivity contribution in [3.63, 3.8) is 0 Å². The quantitative estimate of drug-likeness (QED) is 0.0453. The van der Waals surface area contributed by atoms with Crippen LogP contribution in [0.3, 0.4) is 0 Å². The highest BCUT2D eigenvalue weighted by molar-refractivity contribution is 5.92. The van der Waals surface area contributed by atoms with Gasteiger partial charge >= 0.3 is 6.09 Å². The number of hydrogen-bond acceptors (Lipinski definition) is 6. The average molecular weight is 808 g/mol. The summed E-state index contributed by atoms with van der Waals surface area (Å²) in [4.78, 5) is 28.8. The zero-order chi connectivity index (χ0) is 41.5. The molecule has 0 atom stereocenters. The van der Waals surface area contributed by atoms with Gasteiger partial charge in [-0.25, -0.2) is 9.69 Å². The lowest BCUT2D eigenvalue weighted by molar-refractivity contribution is -0.130. The van der Waals surface area contributed by atoms with Crippen LogP contribution in [-0.4, -0.2) is 85.8 Å². The second kappa shape index (κ2) is 47.5. The number of carboxylic acid groups (broad SMARTS) is 1. The first kappa shape index (κ1) is 55.8. The van der Waals surface area contributed by atoms with Crippen LogP contribution in [0.15, 0.2) is 0 Å². The van der Waals surface area contributed by atoms with Gasteiger partial charge in [0.15, 0.2) is 0 Å². The number of nitrogens with zero attached hydrogens (tertiary/aromatic N) is 2. The van der Waals surface area contributed by atoms with Crippen molar-refractivity contribution in [2.75, 3.05) is 58.9 Å². The molecule has 0 unspecified atom stereocenters. The third-order valence-corrected chi connectivity index (χ3v) is 11.8. The molecule has 0 saturated carbocycles. The molecule has 0 aliphatic carbocycles. The van der Waals surface area contributed by atoms with Crippen LogP contribution in [-0.2, 0) is 4.79 Å². The molecule has 5 N–H and O–H groups in total. The summed E-state index contributed by atoms with van der Waals surface area (Å²) >= 11 is 0. The van der Waals surface area contributed by atoms with E-state index in [2.05, 4.69) is 29.4 Å². The third kappa shape index (κ3) is 42.7. The van der Waals surface area contributed by atoms with E-state index in [9.17, 15) is 14.7 Å². The summed E-state index contributed by atoms with van der Waals surface area (Å²) in [6.45, 7) is 11.1. The van der Waals surface area contributed by atoms with Crippen LogP contribution >= 0.6 is 0 Å². The van der Waals surface area contributed by atoms with Crippen molar-refractivity contribution in [3.8, 4) is 0 Å². The molecule has 0 rings (SSSR count). The Bertz CT molecular complexity index is 780. The number of hydrogen-bond donors (Lipinski definition) is 4. The number of carbonyl (C=O) groups is 2. The van der Waals surface area contributed by atoms with Gasteiger partial charge in [-0.1, -0.05) is 206 Å². The van der Waals surface area contributed by atoms with E-state index in [0.717, 1.165) is 82.8 Å². The number of amides is 2. The monoisotopic (exact) mass is 808 g/mol. The molecule has 8 heteroatoms. The van der Waals surface area contributed by atoms with Gasteiger partial charge in [-0.3, -0.25) is 9.69 Å². The molecule has 8 nitrogen and oxygen atoms in total. The van der Waals surface area contributed by atoms with Gasteiger partial charge in [0.25, 0.3) is 0 Å². The maximum atomic E-state index is 13.3. The van der Waals surface area contributed by atoms with E-state index < -0.39 is 6.09 Å².